The predicted octanol–water partition coefficient (Wildman–Crippen LogP) is 1.72. The van der Waals surface area contributed by atoms with Crippen LogP contribution in [0.15, 0.2) is 17.9 Å². The molecular formula is C9H15N. The van der Waals surface area contributed by atoms with Gasteiger partial charge in [0.25, 0.3) is 0 Å². The average molecular weight is 137 g/mol. The molecule has 1 rings (SSSR count). The van der Waals surface area contributed by atoms with E-state index in [1.807, 2.05) is 0 Å². The largest absolute Gasteiger partial charge is 0.317 e. The van der Waals surface area contributed by atoms with E-state index in [4.69, 9.17) is 0 Å². The third kappa shape index (κ3) is 1.73. The zero-order valence-electron chi connectivity index (χ0n) is 6.61. The van der Waals surface area contributed by atoms with Gasteiger partial charge in [-0.3, -0.25) is 0 Å². The molecule has 0 bridgehead atoms. The van der Waals surface area contributed by atoms with Crippen LogP contribution in [0.5, 0.6) is 0 Å². The molecule has 1 aliphatic heterocycles. The fraction of sp³-hybridized carbons (Fsp3) is 0.667. The third-order valence-corrected chi connectivity index (χ3v) is 2.23. The number of piperidine rings is 1. The molecule has 56 valence electrons. The minimum Gasteiger partial charge on any atom is -0.317 e. The quantitative estimate of drug-likeness (QED) is 0.543. The van der Waals surface area contributed by atoms with Gasteiger partial charge in [0.2, 0.25) is 0 Å². The second kappa shape index (κ2) is 3.60. The van der Waals surface area contributed by atoms with Crippen LogP contribution in [-0.4, -0.2) is 13.1 Å². The first kappa shape index (κ1) is 7.59. The summed E-state index contributed by atoms with van der Waals surface area (Å²) in [4.78, 5) is 0. The summed E-state index contributed by atoms with van der Waals surface area (Å²) in [7, 11) is 0. The zero-order chi connectivity index (χ0) is 7.40. The highest BCUT2D eigenvalue weighted by Crippen LogP contribution is 2.19. The van der Waals surface area contributed by atoms with Crippen LogP contribution in [0.25, 0.3) is 0 Å². The summed E-state index contributed by atoms with van der Waals surface area (Å²) < 4.78 is 0. The lowest BCUT2D eigenvalue weighted by Crippen LogP contribution is -2.28. The van der Waals surface area contributed by atoms with Crippen molar-refractivity contribution in [3.05, 3.63) is 17.9 Å². The molecule has 0 radical (unpaired) electrons. The first-order chi connectivity index (χ1) is 4.84. The summed E-state index contributed by atoms with van der Waals surface area (Å²) >= 11 is 0. The maximum absolute atomic E-state index is 3.65. The van der Waals surface area contributed by atoms with Crippen molar-refractivity contribution >= 4 is 0 Å². The summed E-state index contributed by atoms with van der Waals surface area (Å²) in [6.45, 7) is 8.09. The molecule has 1 aliphatic rings. The Balaban J connectivity index is 2.46. The molecule has 0 amide bonds. The van der Waals surface area contributed by atoms with Gasteiger partial charge in [-0.2, -0.15) is 0 Å². The fourth-order valence-electron chi connectivity index (χ4n) is 1.40. The molecule has 0 aliphatic carbocycles. The Bertz CT molecular complexity index is 148. The lowest BCUT2D eigenvalue weighted by Gasteiger charge is -2.21. The van der Waals surface area contributed by atoms with E-state index < -0.39 is 0 Å². The number of rotatable bonds is 1. The molecule has 0 unspecified atom stereocenters. The Labute approximate surface area is 62.8 Å². The van der Waals surface area contributed by atoms with Crippen LogP contribution in [0, 0.1) is 5.92 Å². The number of nitrogens with one attached hydrogen (secondary N) is 1. The van der Waals surface area contributed by atoms with Crippen molar-refractivity contribution in [1.82, 2.24) is 5.32 Å². The second-order valence-corrected chi connectivity index (χ2v) is 2.88. The predicted molar refractivity (Wildman–Crippen MR) is 43.9 cm³/mol. The lowest BCUT2D eigenvalue weighted by molar-refractivity contribution is 0.420. The fourth-order valence-corrected chi connectivity index (χ4v) is 1.40. The Hall–Kier alpha value is -0.520. The molecule has 10 heavy (non-hydrogen) atoms. The standard InChI is InChI=1S/C9H15N/c1-3-8(2)9-4-6-10-7-5-9/h9-10H,1,4-7H2,2H3. The molecule has 0 aromatic rings. The van der Waals surface area contributed by atoms with Gasteiger partial charge >= 0.3 is 0 Å². The zero-order valence-corrected chi connectivity index (χ0v) is 6.61. The van der Waals surface area contributed by atoms with Crippen LogP contribution in [0.3, 0.4) is 0 Å². The Kier molecular flexibility index (Phi) is 2.73. The molecule has 0 aromatic carbocycles. The average Bonchev–Trinajstić information content (AvgIpc) is 2.05. The third-order valence-electron chi connectivity index (χ3n) is 2.23. The van der Waals surface area contributed by atoms with Crippen molar-refractivity contribution < 1.29 is 0 Å². The van der Waals surface area contributed by atoms with Crippen molar-refractivity contribution in [3.8, 4) is 0 Å². The normalized spacial score (nSPS) is 20.1. The lowest BCUT2D eigenvalue weighted by atomic mass is 9.92. The van der Waals surface area contributed by atoms with E-state index in [9.17, 15) is 0 Å². The summed E-state index contributed by atoms with van der Waals surface area (Å²) in [5.41, 5.74) is 4.31. The first-order valence-corrected chi connectivity index (χ1v) is 3.92. The van der Waals surface area contributed by atoms with Gasteiger partial charge in [0.1, 0.15) is 0 Å². The van der Waals surface area contributed by atoms with Crippen LogP contribution in [-0.2, 0) is 0 Å². The summed E-state index contributed by atoms with van der Waals surface area (Å²) in [6.07, 6.45) is 2.52. The molecule has 1 heterocycles. The Morgan fingerprint density at radius 1 is 1.50 bits per heavy atom. The maximum Gasteiger partial charge on any atom is -0.00430 e. The van der Waals surface area contributed by atoms with Crippen LogP contribution < -0.4 is 5.32 Å². The van der Waals surface area contributed by atoms with Crippen molar-refractivity contribution in [2.24, 2.45) is 5.92 Å². The molecule has 1 heteroatoms. The van der Waals surface area contributed by atoms with Gasteiger partial charge in [0.05, 0.1) is 0 Å². The van der Waals surface area contributed by atoms with E-state index in [2.05, 4.69) is 24.6 Å². The molecule has 0 aromatic heterocycles. The maximum atomic E-state index is 3.65. The number of hydrogen-bond acceptors (Lipinski definition) is 1. The number of allylic oxidation sites excluding steroid dienone is 1. The van der Waals surface area contributed by atoms with Crippen molar-refractivity contribution in [1.29, 1.82) is 0 Å². The van der Waals surface area contributed by atoms with Gasteiger partial charge < -0.3 is 5.32 Å². The van der Waals surface area contributed by atoms with Gasteiger partial charge in [0, 0.05) is 0 Å². The highest BCUT2D eigenvalue weighted by Gasteiger charge is 2.13. The van der Waals surface area contributed by atoms with Crippen molar-refractivity contribution in [2.45, 2.75) is 19.8 Å². The minimum atomic E-state index is 0.749. The minimum absolute atomic E-state index is 0.749. The molecule has 0 spiro atoms. The molecule has 1 N–H and O–H groups in total. The van der Waals surface area contributed by atoms with Gasteiger partial charge in [0.15, 0.2) is 0 Å². The van der Waals surface area contributed by atoms with Gasteiger partial charge in [-0.05, 0) is 44.3 Å². The summed E-state index contributed by atoms with van der Waals surface area (Å²) in [6, 6.07) is 0. The SMILES string of the molecule is C=C=C(C)C1CCNCC1. The van der Waals surface area contributed by atoms with Crippen LogP contribution in [0.1, 0.15) is 19.8 Å². The Morgan fingerprint density at radius 2 is 2.10 bits per heavy atom. The van der Waals surface area contributed by atoms with E-state index in [1.165, 1.54) is 18.4 Å². The van der Waals surface area contributed by atoms with Crippen LogP contribution in [0.2, 0.25) is 0 Å². The second-order valence-electron chi connectivity index (χ2n) is 2.88. The first-order valence-electron chi connectivity index (χ1n) is 3.92. The summed E-state index contributed by atoms with van der Waals surface area (Å²) in [5.74, 6) is 0.749. The molecule has 0 saturated carbocycles. The monoisotopic (exact) mass is 137 g/mol. The van der Waals surface area contributed by atoms with E-state index in [1.54, 1.807) is 0 Å². The smallest absolute Gasteiger partial charge is 0.00430 e. The molecule has 1 saturated heterocycles. The molecule has 0 atom stereocenters. The van der Waals surface area contributed by atoms with E-state index in [-0.39, 0.29) is 0 Å². The summed E-state index contributed by atoms with van der Waals surface area (Å²) in [5, 5.41) is 3.33. The Morgan fingerprint density at radius 3 is 2.60 bits per heavy atom. The van der Waals surface area contributed by atoms with E-state index in [0.717, 1.165) is 19.0 Å². The molecular weight excluding hydrogens is 122 g/mol. The topological polar surface area (TPSA) is 12.0 Å². The van der Waals surface area contributed by atoms with Gasteiger partial charge in [-0.1, -0.05) is 6.58 Å². The highest BCUT2D eigenvalue weighted by molar-refractivity contribution is 5.01. The van der Waals surface area contributed by atoms with Crippen LogP contribution >= 0.6 is 0 Å². The van der Waals surface area contributed by atoms with Gasteiger partial charge in [-0.25, -0.2) is 0 Å². The molecule has 1 nitrogen and oxygen atoms in total. The van der Waals surface area contributed by atoms with E-state index in [0.29, 0.717) is 0 Å². The molecule has 1 fully saturated rings. The van der Waals surface area contributed by atoms with Crippen molar-refractivity contribution in [3.63, 3.8) is 0 Å². The number of hydrogen-bond donors (Lipinski definition) is 1. The van der Waals surface area contributed by atoms with Crippen molar-refractivity contribution in [2.75, 3.05) is 13.1 Å². The van der Waals surface area contributed by atoms with E-state index >= 15 is 0 Å². The van der Waals surface area contributed by atoms with Gasteiger partial charge in [-0.15, -0.1) is 5.73 Å². The highest BCUT2D eigenvalue weighted by atomic mass is 14.9. The van der Waals surface area contributed by atoms with Crippen LogP contribution in [0.4, 0.5) is 0 Å².